The van der Waals surface area contributed by atoms with Gasteiger partial charge in [0, 0.05) is 31.5 Å². The lowest BCUT2D eigenvalue weighted by atomic mass is 9.88. The fourth-order valence-corrected chi connectivity index (χ4v) is 2.95. The van der Waals surface area contributed by atoms with E-state index in [0.29, 0.717) is 6.04 Å². The van der Waals surface area contributed by atoms with E-state index in [1.165, 1.54) is 12.8 Å². The molecule has 17 heavy (non-hydrogen) atoms. The summed E-state index contributed by atoms with van der Waals surface area (Å²) < 4.78 is 5.83. The first-order valence-electron chi connectivity index (χ1n) is 6.43. The number of nitrogens with zero attached hydrogens (tertiary/aromatic N) is 1. The molecule has 1 atom stereocenters. The van der Waals surface area contributed by atoms with Crippen molar-refractivity contribution in [2.45, 2.75) is 43.7 Å². The molecule has 1 N–H and O–H groups in total. The van der Waals surface area contributed by atoms with Crippen molar-refractivity contribution in [3.63, 3.8) is 0 Å². The molecule has 1 aliphatic rings. The van der Waals surface area contributed by atoms with Crippen LogP contribution in [0.3, 0.4) is 0 Å². The molecule has 1 aromatic rings. The van der Waals surface area contributed by atoms with Crippen LogP contribution in [0.1, 0.15) is 31.4 Å². The third-order valence-electron chi connectivity index (χ3n) is 3.98. The smallest absolute Gasteiger partial charge is 0.0834 e. The Kier molecular flexibility index (Phi) is 4.13. The number of hydrogen-bond acceptors (Lipinski definition) is 3. The Morgan fingerprint density at radius 3 is 2.71 bits per heavy atom. The summed E-state index contributed by atoms with van der Waals surface area (Å²) in [5.74, 6) is 0. The fraction of sp³-hybridized carbons (Fsp3) is 0.643. The van der Waals surface area contributed by atoms with Gasteiger partial charge in [-0.15, -0.1) is 0 Å². The van der Waals surface area contributed by atoms with E-state index in [4.69, 9.17) is 4.74 Å². The predicted octanol–water partition coefficient (Wildman–Crippen LogP) is 2.17. The van der Waals surface area contributed by atoms with Gasteiger partial charge in [-0.1, -0.05) is 18.9 Å². The van der Waals surface area contributed by atoms with Gasteiger partial charge < -0.3 is 10.1 Å². The maximum absolute atomic E-state index is 5.83. The van der Waals surface area contributed by atoms with E-state index in [2.05, 4.69) is 16.4 Å². The molecule has 1 fully saturated rings. The van der Waals surface area contributed by atoms with Crippen LogP contribution in [-0.2, 0) is 11.2 Å². The molecular formula is C14H22N2O. The molecule has 3 heteroatoms. The highest BCUT2D eigenvalue weighted by atomic mass is 16.5. The molecule has 3 nitrogen and oxygen atoms in total. The number of aromatic nitrogens is 1. The lowest BCUT2D eigenvalue weighted by molar-refractivity contribution is -0.0338. The molecule has 0 spiro atoms. The Labute approximate surface area is 104 Å². The molecule has 1 aromatic heterocycles. The van der Waals surface area contributed by atoms with E-state index < -0.39 is 0 Å². The lowest BCUT2D eigenvalue weighted by Crippen LogP contribution is -2.50. The van der Waals surface area contributed by atoms with Crippen molar-refractivity contribution in [3.05, 3.63) is 30.1 Å². The Morgan fingerprint density at radius 1 is 1.41 bits per heavy atom. The van der Waals surface area contributed by atoms with Crippen LogP contribution < -0.4 is 5.32 Å². The molecule has 0 radical (unpaired) electrons. The number of hydrogen-bond donors (Lipinski definition) is 1. The van der Waals surface area contributed by atoms with Gasteiger partial charge in [-0.3, -0.25) is 4.98 Å². The molecule has 1 heterocycles. The van der Waals surface area contributed by atoms with E-state index in [1.807, 2.05) is 32.5 Å². The number of rotatable bonds is 5. The van der Waals surface area contributed by atoms with E-state index >= 15 is 0 Å². The molecule has 0 aliphatic heterocycles. The third kappa shape index (κ3) is 2.67. The maximum atomic E-state index is 5.83. The zero-order valence-electron chi connectivity index (χ0n) is 10.8. The zero-order chi connectivity index (χ0) is 12.1. The minimum atomic E-state index is 0.00622. The topological polar surface area (TPSA) is 34.2 Å². The number of likely N-dealkylation sites (N-methyl/N-ethyl adjacent to an activating group) is 1. The highest BCUT2D eigenvalue weighted by molar-refractivity contribution is 5.09. The number of nitrogens with one attached hydrogen (secondary N) is 1. The average Bonchev–Trinajstić information content (AvgIpc) is 2.87. The van der Waals surface area contributed by atoms with Crippen molar-refractivity contribution in [1.29, 1.82) is 0 Å². The minimum absolute atomic E-state index is 0.00622. The second kappa shape index (κ2) is 5.61. The molecule has 2 rings (SSSR count). The third-order valence-corrected chi connectivity index (χ3v) is 3.98. The van der Waals surface area contributed by atoms with Gasteiger partial charge in [0.1, 0.15) is 0 Å². The van der Waals surface area contributed by atoms with Gasteiger partial charge in [0.15, 0.2) is 0 Å². The van der Waals surface area contributed by atoms with Crippen molar-refractivity contribution in [1.82, 2.24) is 10.3 Å². The predicted molar refractivity (Wildman–Crippen MR) is 69.0 cm³/mol. The van der Waals surface area contributed by atoms with Crippen molar-refractivity contribution in [2.24, 2.45) is 0 Å². The van der Waals surface area contributed by atoms with Crippen LogP contribution >= 0.6 is 0 Å². The second-order valence-corrected chi connectivity index (χ2v) is 4.84. The Balaban J connectivity index is 2.10. The molecule has 1 aliphatic carbocycles. The summed E-state index contributed by atoms with van der Waals surface area (Å²) in [5.41, 5.74) is 1.14. The largest absolute Gasteiger partial charge is 0.377 e. The van der Waals surface area contributed by atoms with Gasteiger partial charge in [-0.2, -0.15) is 0 Å². The first-order chi connectivity index (χ1) is 8.30. The summed E-state index contributed by atoms with van der Waals surface area (Å²) in [7, 11) is 3.86. The fourth-order valence-electron chi connectivity index (χ4n) is 2.95. The number of methoxy groups -OCH3 is 1. The lowest BCUT2D eigenvalue weighted by Gasteiger charge is -2.36. The highest BCUT2D eigenvalue weighted by Crippen LogP contribution is 2.36. The quantitative estimate of drug-likeness (QED) is 0.848. The van der Waals surface area contributed by atoms with Crippen LogP contribution in [0.4, 0.5) is 0 Å². The Bertz CT molecular complexity index is 333. The van der Waals surface area contributed by atoms with Crippen LogP contribution in [-0.4, -0.2) is 30.8 Å². The molecule has 0 saturated heterocycles. The van der Waals surface area contributed by atoms with Gasteiger partial charge >= 0.3 is 0 Å². The van der Waals surface area contributed by atoms with Gasteiger partial charge in [0.2, 0.25) is 0 Å². The standard InChI is InChI=1S/C14H22N2O/c1-15-13(11-12-7-3-6-10-16-12)14(17-2)8-4-5-9-14/h3,6-7,10,13,15H,4-5,8-9,11H2,1-2H3. The summed E-state index contributed by atoms with van der Waals surface area (Å²) in [6.45, 7) is 0. The number of pyridine rings is 1. The Hall–Kier alpha value is -0.930. The van der Waals surface area contributed by atoms with Gasteiger partial charge in [0.05, 0.1) is 5.60 Å². The summed E-state index contributed by atoms with van der Waals surface area (Å²) in [5, 5.41) is 3.42. The van der Waals surface area contributed by atoms with Gasteiger partial charge in [-0.05, 0) is 32.0 Å². The van der Waals surface area contributed by atoms with Crippen LogP contribution in [0.15, 0.2) is 24.4 Å². The molecule has 1 saturated carbocycles. The Morgan fingerprint density at radius 2 is 2.18 bits per heavy atom. The SMILES string of the molecule is CNC(Cc1ccccn1)C1(OC)CCCC1. The van der Waals surface area contributed by atoms with Gasteiger partial charge in [0.25, 0.3) is 0 Å². The van der Waals surface area contributed by atoms with Crippen molar-refractivity contribution >= 4 is 0 Å². The van der Waals surface area contributed by atoms with Crippen LogP contribution in [0.25, 0.3) is 0 Å². The average molecular weight is 234 g/mol. The molecule has 94 valence electrons. The van der Waals surface area contributed by atoms with E-state index in [0.717, 1.165) is 25.0 Å². The van der Waals surface area contributed by atoms with Crippen molar-refractivity contribution in [2.75, 3.05) is 14.2 Å². The summed E-state index contributed by atoms with van der Waals surface area (Å²) in [4.78, 5) is 4.41. The first kappa shape index (κ1) is 12.5. The number of ether oxygens (including phenoxy) is 1. The maximum Gasteiger partial charge on any atom is 0.0834 e. The monoisotopic (exact) mass is 234 g/mol. The van der Waals surface area contributed by atoms with Crippen LogP contribution in [0, 0.1) is 0 Å². The molecule has 0 aromatic carbocycles. The van der Waals surface area contributed by atoms with E-state index in [9.17, 15) is 0 Å². The summed E-state index contributed by atoms with van der Waals surface area (Å²) >= 11 is 0. The second-order valence-electron chi connectivity index (χ2n) is 4.84. The van der Waals surface area contributed by atoms with Crippen LogP contribution in [0.5, 0.6) is 0 Å². The highest BCUT2D eigenvalue weighted by Gasteiger charge is 2.40. The minimum Gasteiger partial charge on any atom is -0.377 e. The molecule has 0 amide bonds. The summed E-state index contributed by atoms with van der Waals surface area (Å²) in [6, 6.07) is 6.44. The van der Waals surface area contributed by atoms with E-state index in [1.54, 1.807) is 0 Å². The van der Waals surface area contributed by atoms with Crippen LogP contribution in [0.2, 0.25) is 0 Å². The van der Waals surface area contributed by atoms with Gasteiger partial charge in [-0.25, -0.2) is 0 Å². The molecule has 0 bridgehead atoms. The van der Waals surface area contributed by atoms with Crippen molar-refractivity contribution in [3.8, 4) is 0 Å². The van der Waals surface area contributed by atoms with Crippen molar-refractivity contribution < 1.29 is 4.74 Å². The normalized spacial score (nSPS) is 20.4. The van der Waals surface area contributed by atoms with E-state index in [-0.39, 0.29) is 5.60 Å². The summed E-state index contributed by atoms with van der Waals surface area (Å²) in [6.07, 6.45) is 7.65. The molecule has 1 unspecified atom stereocenters. The zero-order valence-corrected chi connectivity index (χ0v) is 10.8. The molecular weight excluding hydrogens is 212 g/mol. The first-order valence-corrected chi connectivity index (χ1v) is 6.43.